The Morgan fingerprint density at radius 2 is 2.00 bits per heavy atom. The molecule has 4 aliphatic rings. The highest BCUT2D eigenvalue weighted by Crippen LogP contribution is 2.63. The van der Waals surface area contributed by atoms with Gasteiger partial charge in [-0.3, -0.25) is 0 Å². The van der Waals surface area contributed by atoms with Crippen molar-refractivity contribution in [2.75, 3.05) is 0 Å². The summed E-state index contributed by atoms with van der Waals surface area (Å²) in [7, 11) is 0. The second kappa shape index (κ2) is 5.90. The molecule has 1 heteroatoms. The number of rotatable bonds is 2. The lowest BCUT2D eigenvalue weighted by Gasteiger charge is -2.60. The van der Waals surface area contributed by atoms with Crippen LogP contribution in [-0.4, -0.2) is 4.83 Å². The number of fused-ring (bicyclic) bond motifs is 2. The third-order valence-electron chi connectivity index (χ3n) is 7.59. The summed E-state index contributed by atoms with van der Waals surface area (Å²) in [5.41, 5.74) is 2.23. The van der Waals surface area contributed by atoms with Crippen LogP contribution in [0.25, 0.3) is 0 Å². The van der Waals surface area contributed by atoms with Crippen LogP contribution in [0.4, 0.5) is 0 Å². The fourth-order valence-corrected chi connectivity index (χ4v) is 7.12. The maximum Gasteiger partial charge on any atom is 0.0328 e. The Hall–Kier alpha value is -0.300. The largest absolute Gasteiger partial charge is 0.0845 e. The van der Waals surface area contributed by atoms with Crippen molar-refractivity contribution in [1.29, 1.82) is 0 Å². The average Bonchev–Trinajstić information content (AvgIpc) is 2.54. The van der Waals surface area contributed by atoms with Crippen LogP contribution < -0.4 is 0 Å². The number of alkyl halides is 1. The smallest absolute Gasteiger partial charge is 0.0328 e. The van der Waals surface area contributed by atoms with Gasteiger partial charge in [-0.1, -0.05) is 79.1 Å². The molecule has 0 radical (unpaired) electrons. The maximum atomic E-state index is 3.87. The summed E-state index contributed by atoms with van der Waals surface area (Å²) in [6.45, 7) is 7.46. The Balaban J connectivity index is 1.75. The van der Waals surface area contributed by atoms with Crippen molar-refractivity contribution in [3.05, 3.63) is 36.0 Å². The summed E-state index contributed by atoms with van der Waals surface area (Å²) >= 11 is 3.87. The molecule has 2 saturated carbocycles. The maximum absolute atomic E-state index is 3.87. The van der Waals surface area contributed by atoms with Crippen LogP contribution in [0.15, 0.2) is 36.0 Å². The van der Waals surface area contributed by atoms with Crippen LogP contribution in [0, 0.1) is 40.9 Å². The van der Waals surface area contributed by atoms with Gasteiger partial charge in [-0.05, 0) is 66.6 Å². The highest BCUT2D eigenvalue weighted by molar-refractivity contribution is 9.09. The number of allylic oxidation sites excluding steroid dienone is 6. The minimum absolute atomic E-state index is 0.409. The zero-order valence-corrected chi connectivity index (χ0v) is 16.4. The molecule has 0 spiro atoms. The van der Waals surface area contributed by atoms with Crippen molar-refractivity contribution < 1.29 is 0 Å². The van der Waals surface area contributed by atoms with Gasteiger partial charge in [0.05, 0.1) is 0 Å². The topological polar surface area (TPSA) is 0 Å². The summed E-state index contributed by atoms with van der Waals surface area (Å²) < 4.78 is 0. The van der Waals surface area contributed by atoms with Gasteiger partial charge in [-0.25, -0.2) is 0 Å². The summed E-state index contributed by atoms with van der Waals surface area (Å²) in [5.74, 6) is 4.95. The average molecular weight is 375 g/mol. The van der Waals surface area contributed by atoms with Crippen LogP contribution in [0.3, 0.4) is 0 Å². The first kappa shape index (κ1) is 16.2. The standard InChI is InChI=1S/C22H31Br/c1-4-6-14-9-11-18-17-12-10-15(23)13-20(17)22(2,3)19-8-5-7-16(14)21(18)19/h5,7-8,10,12,14-15,17-21H,4,6,9,11,13H2,1-3H3. The van der Waals surface area contributed by atoms with Crippen molar-refractivity contribution >= 4 is 15.9 Å². The number of halogens is 1. The highest BCUT2D eigenvalue weighted by Gasteiger charge is 2.56. The monoisotopic (exact) mass is 374 g/mol. The zero-order valence-electron chi connectivity index (χ0n) is 14.8. The van der Waals surface area contributed by atoms with E-state index < -0.39 is 0 Å². The van der Waals surface area contributed by atoms with Crippen LogP contribution in [0.2, 0.25) is 0 Å². The number of hydrogen-bond donors (Lipinski definition) is 0. The lowest BCUT2D eigenvalue weighted by molar-refractivity contribution is -0.0472. The van der Waals surface area contributed by atoms with Gasteiger partial charge in [0, 0.05) is 4.83 Å². The fourth-order valence-electron chi connectivity index (χ4n) is 6.54. The van der Waals surface area contributed by atoms with E-state index in [-0.39, 0.29) is 0 Å². The molecule has 23 heavy (non-hydrogen) atoms. The molecule has 0 bridgehead atoms. The van der Waals surface area contributed by atoms with Gasteiger partial charge in [-0.2, -0.15) is 0 Å². The van der Waals surface area contributed by atoms with E-state index in [1.807, 2.05) is 5.57 Å². The minimum Gasteiger partial charge on any atom is -0.0845 e. The summed E-state index contributed by atoms with van der Waals surface area (Å²) in [6.07, 6.45) is 19.4. The highest BCUT2D eigenvalue weighted by atomic mass is 79.9. The first-order chi connectivity index (χ1) is 11.0. The second-order valence-corrected chi connectivity index (χ2v) is 10.1. The van der Waals surface area contributed by atoms with Gasteiger partial charge >= 0.3 is 0 Å². The molecule has 0 nitrogen and oxygen atoms in total. The van der Waals surface area contributed by atoms with Crippen LogP contribution in [0.5, 0.6) is 0 Å². The van der Waals surface area contributed by atoms with E-state index in [0.29, 0.717) is 10.2 Å². The van der Waals surface area contributed by atoms with Crippen molar-refractivity contribution in [2.45, 2.75) is 57.7 Å². The van der Waals surface area contributed by atoms with Gasteiger partial charge in [0.1, 0.15) is 0 Å². The van der Waals surface area contributed by atoms with Crippen molar-refractivity contribution in [2.24, 2.45) is 40.9 Å². The fraction of sp³-hybridized carbons (Fsp3) is 0.727. The Kier molecular flexibility index (Phi) is 4.15. The molecule has 0 N–H and O–H groups in total. The lowest BCUT2D eigenvalue weighted by Crippen LogP contribution is -2.54. The number of hydrogen-bond acceptors (Lipinski definition) is 0. The molecule has 4 rings (SSSR count). The first-order valence-electron chi connectivity index (χ1n) is 9.74. The Morgan fingerprint density at radius 3 is 2.78 bits per heavy atom. The van der Waals surface area contributed by atoms with E-state index in [1.165, 1.54) is 32.1 Å². The van der Waals surface area contributed by atoms with Gasteiger partial charge < -0.3 is 0 Å². The van der Waals surface area contributed by atoms with E-state index >= 15 is 0 Å². The third kappa shape index (κ3) is 2.44. The minimum atomic E-state index is 0.409. The van der Waals surface area contributed by atoms with Crippen molar-refractivity contribution in [3.63, 3.8) is 0 Å². The molecule has 4 aliphatic carbocycles. The summed E-state index contributed by atoms with van der Waals surface area (Å²) in [5, 5.41) is 0. The molecular formula is C22H31Br. The molecule has 126 valence electrons. The first-order valence-corrected chi connectivity index (χ1v) is 10.7. The molecule has 0 aliphatic heterocycles. The van der Waals surface area contributed by atoms with E-state index in [1.54, 1.807) is 0 Å². The normalized spacial score (nSPS) is 46.8. The predicted molar refractivity (Wildman–Crippen MR) is 103 cm³/mol. The molecule has 0 aromatic carbocycles. The Bertz CT molecular complexity index is 552. The van der Waals surface area contributed by atoms with Crippen LogP contribution in [-0.2, 0) is 0 Å². The molecule has 0 aromatic heterocycles. The van der Waals surface area contributed by atoms with Gasteiger partial charge in [0.2, 0.25) is 0 Å². The zero-order chi connectivity index (χ0) is 16.2. The molecule has 7 unspecified atom stereocenters. The molecule has 0 aromatic rings. The molecule has 2 fully saturated rings. The van der Waals surface area contributed by atoms with E-state index in [9.17, 15) is 0 Å². The Morgan fingerprint density at radius 1 is 1.17 bits per heavy atom. The van der Waals surface area contributed by atoms with Gasteiger partial charge in [0.25, 0.3) is 0 Å². The second-order valence-electron chi connectivity index (χ2n) is 8.97. The SMILES string of the molecule is CCCC1CCC2C3C=CC(Br)CC3C(C)(C)C3C=CC=C1C23. The molecule has 0 saturated heterocycles. The summed E-state index contributed by atoms with van der Waals surface area (Å²) in [4.78, 5) is 0.582. The van der Waals surface area contributed by atoms with E-state index in [0.717, 1.165) is 35.5 Å². The van der Waals surface area contributed by atoms with Crippen LogP contribution in [0.1, 0.15) is 52.9 Å². The van der Waals surface area contributed by atoms with Crippen molar-refractivity contribution in [1.82, 2.24) is 0 Å². The molecule has 0 amide bonds. The van der Waals surface area contributed by atoms with Crippen molar-refractivity contribution in [3.8, 4) is 0 Å². The predicted octanol–water partition coefficient (Wildman–Crippen LogP) is 6.54. The summed E-state index contributed by atoms with van der Waals surface area (Å²) in [6, 6.07) is 0. The molecule has 7 atom stereocenters. The molecule has 0 heterocycles. The van der Waals surface area contributed by atoms with E-state index in [2.05, 4.69) is 67.1 Å². The van der Waals surface area contributed by atoms with E-state index in [4.69, 9.17) is 0 Å². The quantitative estimate of drug-likeness (QED) is 0.380. The molecular weight excluding hydrogens is 344 g/mol. The Labute approximate surface area is 150 Å². The lowest BCUT2D eigenvalue weighted by atomic mass is 9.44. The van der Waals surface area contributed by atoms with Gasteiger partial charge in [-0.15, -0.1) is 0 Å². The third-order valence-corrected chi connectivity index (χ3v) is 8.27. The van der Waals surface area contributed by atoms with Gasteiger partial charge in [0.15, 0.2) is 0 Å². The van der Waals surface area contributed by atoms with Crippen LogP contribution >= 0.6 is 15.9 Å².